The molecule has 0 amide bonds. The lowest BCUT2D eigenvalue weighted by Crippen LogP contribution is -1.85. The van der Waals surface area contributed by atoms with Crippen LogP contribution in [0.5, 0.6) is 0 Å². The lowest BCUT2D eigenvalue weighted by molar-refractivity contribution is 0.587. The second kappa shape index (κ2) is 13.3. The fraction of sp³-hybridized carbons (Fsp3) is 0.500. The van der Waals surface area contributed by atoms with E-state index in [2.05, 4.69) is 34.2 Å². The molecular formula is C20H28N2S2. The van der Waals surface area contributed by atoms with Crippen LogP contribution in [0.1, 0.15) is 51.4 Å². The molecule has 24 heavy (non-hydrogen) atoms. The summed E-state index contributed by atoms with van der Waals surface area (Å²) in [6.45, 7) is 0. The van der Waals surface area contributed by atoms with Crippen molar-refractivity contribution >= 4 is 23.5 Å². The molecule has 0 saturated heterocycles. The average Bonchev–Trinajstić information content (AvgIpc) is 2.64. The number of hydrogen-bond donors (Lipinski definition) is 0. The maximum absolute atomic E-state index is 4.05. The van der Waals surface area contributed by atoms with Gasteiger partial charge in [0.1, 0.15) is 0 Å². The fourth-order valence-corrected chi connectivity index (χ4v) is 4.31. The highest BCUT2D eigenvalue weighted by atomic mass is 32.2. The molecule has 4 heteroatoms. The highest BCUT2D eigenvalue weighted by Crippen LogP contribution is 2.20. The Morgan fingerprint density at radius 2 is 0.833 bits per heavy atom. The molecule has 2 aromatic heterocycles. The highest BCUT2D eigenvalue weighted by Gasteiger charge is 1.96. The molecule has 0 radical (unpaired) electrons. The molecule has 0 atom stereocenters. The zero-order chi connectivity index (χ0) is 16.7. The molecular weight excluding hydrogens is 332 g/mol. The number of rotatable bonds is 13. The monoisotopic (exact) mass is 360 g/mol. The zero-order valence-electron chi connectivity index (χ0n) is 14.4. The van der Waals surface area contributed by atoms with Crippen molar-refractivity contribution in [2.24, 2.45) is 0 Å². The fourth-order valence-electron chi connectivity index (χ4n) is 2.51. The standard InChI is InChI=1S/C20H28N2S2/c1(3-5-7-17-23-19-9-13-21-14-10-19)2-4-6-8-18-24-20-11-15-22-16-12-20/h9-16H,1-8,17-18H2. The molecule has 0 spiro atoms. The largest absolute Gasteiger partial charge is 0.265 e. The van der Waals surface area contributed by atoms with Crippen molar-refractivity contribution in [3.8, 4) is 0 Å². The molecule has 2 heterocycles. The van der Waals surface area contributed by atoms with E-state index in [4.69, 9.17) is 0 Å². The first-order valence-electron chi connectivity index (χ1n) is 9.01. The zero-order valence-corrected chi connectivity index (χ0v) is 16.0. The van der Waals surface area contributed by atoms with Crippen LogP contribution < -0.4 is 0 Å². The first-order valence-corrected chi connectivity index (χ1v) is 11.0. The SMILES string of the molecule is c1cc(SCCCCCCCCCCSc2ccncc2)ccn1. The summed E-state index contributed by atoms with van der Waals surface area (Å²) >= 11 is 3.90. The van der Waals surface area contributed by atoms with Gasteiger partial charge in [-0.15, -0.1) is 23.5 Å². The molecule has 0 unspecified atom stereocenters. The first kappa shape index (κ1) is 19.3. The molecule has 0 aliphatic rings. The topological polar surface area (TPSA) is 25.8 Å². The summed E-state index contributed by atoms with van der Waals surface area (Å²) in [5, 5.41) is 0. The predicted octanol–water partition coefficient (Wildman–Crippen LogP) is 6.48. The molecule has 2 aromatic rings. The number of nitrogens with zero attached hydrogens (tertiary/aromatic N) is 2. The molecule has 2 rings (SSSR count). The summed E-state index contributed by atoms with van der Waals surface area (Å²) in [5.74, 6) is 2.46. The Kier molecular flexibility index (Phi) is 10.7. The van der Waals surface area contributed by atoms with Crippen LogP contribution in [0.2, 0.25) is 0 Å². The number of thioether (sulfide) groups is 2. The number of aromatic nitrogens is 2. The van der Waals surface area contributed by atoms with E-state index in [1.165, 1.54) is 72.7 Å². The maximum atomic E-state index is 4.05. The smallest absolute Gasteiger partial charge is 0.0278 e. The summed E-state index contributed by atoms with van der Waals surface area (Å²) in [6, 6.07) is 8.38. The molecule has 0 fully saturated rings. The van der Waals surface area contributed by atoms with Gasteiger partial charge in [-0.2, -0.15) is 0 Å². The van der Waals surface area contributed by atoms with E-state index in [0.29, 0.717) is 0 Å². The van der Waals surface area contributed by atoms with E-state index in [1.54, 1.807) is 0 Å². The first-order chi connectivity index (χ1) is 11.9. The Morgan fingerprint density at radius 1 is 0.500 bits per heavy atom. The number of unbranched alkanes of at least 4 members (excludes halogenated alkanes) is 7. The Labute approximate surface area is 155 Å². The molecule has 0 saturated carbocycles. The Balaban J connectivity index is 1.32. The van der Waals surface area contributed by atoms with Crippen molar-refractivity contribution in [2.75, 3.05) is 11.5 Å². The van der Waals surface area contributed by atoms with Crippen molar-refractivity contribution in [1.29, 1.82) is 0 Å². The van der Waals surface area contributed by atoms with E-state index in [1.807, 2.05) is 48.3 Å². The van der Waals surface area contributed by atoms with E-state index >= 15 is 0 Å². The van der Waals surface area contributed by atoms with Crippen LogP contribution >= 0.6 is 23.5 Å². The molecule has 0 N–H and O–H groups in total. The summed E-state index contributed by atoms with van der Waals surface area (Å²) in [7, 11) is 0. The highest BCUT2D eigenvalue weighted by molar-refractivity contribution is 7.99. The van der Waals surface area contributed by atoms with Gasteiger partial charge in [-0.1, -0.05) is 38.5 Å². The van der Waals surface area contributed by atoms with Gasteiger partial charge in [-0.25, -0.2) is 0 Å². The minimum absolute atomic E-state index is 1.23. The van der Waals surface area contributed by atoms with Gasteiger partial charge in [0.2, 0.25) is 0 Å². The average molecular weight is 361 g/mol. The molecule has 0 bridgehead atoms. The van der Waals surface area contributed by atoms with Gasteiger partial charge in [0.05, 0.1) is 0 Å². The van der Waals surface area contributed by atoms with Crippen LogP contribution in [-0.2, 0) is 0 Å². The van der Waals surface area contributed by atoms with Crippen molar-refractivity contribution in [3.63, 3.8) is 0 Å². The van der Waals surface area contributed by atoms with Crippen molar-refractivity contribution in [3.05, 3.63) is 49.1 Å². The Bertz CT molecular complexity index is 470. The molecule has 130 valence electrons. The van der Waals surface area contributed by atoms with E-state index in [-0.39, 0.29) is 0 Å². The Hall–Kier alpha value is -1.00. The predicted molar refractivity (Wildman–Crippen MR) is 107 cm³/mol. The van der Waals surface area contributed by atoms with Gasteiger partial charge in [-0.05, 0) is 48.6 Å². The van der Waals surface area contributed by atoms with Crippen molar-refractivity contribution < 1.29 is 0 Å². The third-order valence-electron chi connectivity index (χ3n) is 3.88. The minimum atomic E-state index is 1.23. The molecule has 0 aliphatic carbocycles. The Morgan fingerprint density at radius 3 is 1.21 bits per heavy atom. The molecule has 0 aromatic carbocycles. The molecule has 2 nitrogen and oxygen atoms in total. The van der Waals surface area contributed by atoms with Gasteiger partial charge in [-0.3, -0.25) is 9.97 Å². The van der Waals surface area contributed by atoms with Gasteiger partial charge >= 0.3 is 0 Å². The quantitative estimate of drug-likeness (QED) is 0.301. The van der Waals surface area contributed by atoms with Crippen LogP contribution in [0.4, 0.5) is 0 Å². The summed E-state index contributed by atoms with van der Waals surface area (Å²) in [6.07, 6.45) is 18.5. The van der Waals surface area contributed by atoms with Gasteiger partial charge in [0.15, 0.2) is 0 Å². The van der Waals surface area contributed by atoms with Crippen LogP contribution in [0.15, 0.2) is 58.8 Å². The van der Waals surface area contributed by atoms with Gasteiger partial charge in [0, 0.05) is 34.6 Å². The van der Waals surface area contributed by atoms with Gasteiger partial charge in [0.25, 0.3) is 0 Å². The van der Waals surface area contributed by atoms with Crippen molar-refractivity contribution in [2.45, 2.75) is 61.2 Å². The maximum Gasteiger partial charge on any atom is 0.0278 e. The number of hydrogen-bond acceptors (Lipinski definition) is 4. The normalized spacial score (nSPS) is 10.8. The summed E-state index contributed by atoms with van der Waals surface area (Å²) in [4.78, 5) is 10.8. The second-order valence-corrected chi connectivity index (χ2v) is 8.23. The van der Waals surface area contributed by atoms with Crippen molar-refractivity contribution in [1.82, 2.24) is 9.97 Å². The number of pyridine rings is 2. The lowest BCUT2D eigenvalue weighted by atomic mass is 10.1. The van der Waals surface area contributed by atoms with Crippen LogP contribution in [-0.4, -0.2) is 21.5 Å². The molecule has 0 aliphatic heterocycles. The third kappa shape index (κ3) is 9.33. The summed E-state index contributed by atoms with van der Waals surface area (Å²) in [5.41, 5.74) is 0. The summed E-state index contributed by atoms with van der Waals surface area (Å²) < 4.78 is 0. The van der Waals surface area contributed by atoms with Gasteiger partial charge < -0.3 is 0 Å². The lowest BCUT2D eigenvalue weighted by Gasteiger charge is -2.03. The minimum Gasteiger partial charge on any atom is -0.265 e. The van der Waals surface area contributed by atoms with Crippen LogP contribution in [0.3, 0.4) is 0 Å². The van der Waals surface area contributed by atoms with E-state index in [9.17, 15) is 0 Å². The third-order valence-corrected chi connectivity index (χ3v) is 6.07. The van der Waals surface area contributed by atoms with E-state index < -0.39 is 0 Å². The van der Waals surface area contributed by atoms with E-state index in [0.717, 1.165) is 0 Å². The second-order valence-electron chi connectivity index (χ2n) is 5.89. The van der Waals surface area contributed by atoms with Crippen LogP contribution in [0, 0.1) is 0 Å². The van der Waals surface area contributed by atoms with Crippen LogP contribution in [0.25, 0.3) is 0 Å².